The fourth-order valence-corrected chi connectivity index (χ4v) is 5.43. The molecule has 0 unspecified atom stereocenters. The molecule has 0 atom stereocenters. The maximum absolute atomic E-state index is 12.4. The molecule has 222 valence electrons. The number of likely N-dealkylation sites (N-methyl/N-ethyl adjacent to an activating group) is 1. The maximum atomic E-state index is 12.4. The second-order valence-electron chi connectivity index (χ2n) is 12.0. The van der Waals surface area contributed by atoms with Gasteiger partial charge in [0.2, 0.25) is 5.95 Å². The van der Waals surface area contributed by atoms with E-state index >= 15 is 0 Å². The zero-order valence-electron chi connectivity index (χ0n) is 24.7. The molecule has 1 amide bonds. The SMILES string of the molecule is CN1CCN(Cc2ccc(-n3cc(-c4nc(NC5CCN(C(=O)OC(C)(C)C)CC5)ncc4C#N)cn3)c(Cl)c2)CC1. The lowest BCUT2D eigenvalue weighted by Gasteiger charge is -2.33. The summed E-state index contributed by atoms with van der Waals surface area (Å²) in [6.07, 6.45) is 6.21. The standard InChI is InChI=1S/C30H38ClN9O2/c1-30(2,3)42-29(41)39-9-7-24(8-10-39)35-28-33-17-22(16-32)27(36-28)23-18-34-40(20-23)26-6-5-21(15-25(26)31)19-38-13-11-37(4)12-14-38/h5-6,15,17-18,20,24H,7-14,19H2,1-4H3,(H,33,35,36). The Bertz CT molecular complexity index is 1450. The smallest absolute Gasteiger partial charge is 0.410 e. The Morgan fingerprint density at radius 1 is 1.14 bits per heavy atom. The lowest BCUT2D eigenvalue weighted by atomic mass is 10.1. The van der Waals surface area contributed by atoms with E-state index in [0.717, 1.165) is 56.8 Å². The molecular weight excluding hydrogens is 554 g/mol. The van der Waals surface area contributed by atoms with Crippen LogP contribution in [0.1, 0.15) is 44.7 Å². The van der Waals surface area contributed by atoms with Crippen LogP contribution in [0.3, 0.4) is 0 Å². The lowest BCUT2D eigenvalue weighted by Crippen LogP contribution is -2.44. The number of hydrogen-bond acceptors (Lipinski definition) is 9. The molecule has 0 bridgehead atoms. The van der Waals surface area contributed by atoms with Crippen molar-refractivity contribution < 1.29 is 9.53 Å². The van der Waals surface area contributed by atoms with Gasteiger partial charge in [0.05, 0.1) is 34.4 Å². The molecule has 5 rings (SSSR count). The third-order valence-electron chi connectivity index (χ3n) is 7.51. The van der Waals surface area contributed by atoms with Gasteiger partial charge < -0.3 is 19.9 Å². The molecule has 11 nitrogen and oxygen atoms in total. The molecule has 0 aliphatic carbocycles. The Kier molecular flexibility index (Phi) is 8.96. The fourth-order valence-electron chi connectivity index (χ4n) is 5.14. The molecule has 42 heavy (non-hydrogen) atoms. The Balaban J connectivity index is 1.25. The molecule has 0 saturated carbocycles. The molecule has 2 aliphatic heterocycles. The minimum atomic E-state index is -0.522. The van der Waals surface area contributed by atoms with E-state index < -0.39 is 5.60 Å². The molecule has 2 aliphatic rings. The second-order valence-corrected chi connectivity index (χ2v) is 12.4. The molecule has 2 saturated heterocycles. The van der Waals surface area contributed by atoms with Crippen molar-refractivity contribution in [2.24, 2.45) is 0 Å². The number of halogens is 1. The number of piperidine rings is 1. The molecule has 1 N–H and O–H groups in total. The van der Waals surface area contributed by atoms with Crippen LogP contribution in [0, 0.1) is 11.3 Å². The van der Waals surface area contributed by atoms with Crippen molar-refractivity contribution in [2.75, 3.05) is 51.6 Å². The maximum Gasteiger partial charge on any atom is 0.410 e. The third-order valence-corrected chi connectivity index (χ3v) is 7.81. The molecule has 12 heteroatoms. The van der Waals surface area contributed by atoms with Crippen LogP contribution in [0.2, 0.25) is 5.02 Å². The number of nitrogens with one attached hydrogen (secondary N) is 1. The fraction of sp³-hybridized carbons (Fsp3) is 0.500. The van der Waals surface area contributed by atoms with Crippen LogP contribution in [-0.4, -0.2) is 98.5 Å². The molecule has 2 aromatic heterocycles. The highest BCUT2D eigenvalue weighted by Crippen LogP contribution is 2.27. The zero-order valence-corrected chi connectivity index (χ0v) is 25.4. The minimum Gasteiger partial charge on any atom is -0.444 e. The van der Waals surface area contributed by atoms with Gasteiger partial charge in [0.1, 0.15) is 11.7 Å². The van der Waals surface area contributed by atoms with Gasteiger partial charge in [-0.25, -0.2) is 19.4 Å². The number of benzene rings is 1. The van der Waals surface area contributed by atoms with Gasteiger partial charge in [0.15, 0.2) is 0 Å². The van der Waals surface area contributed by atoms with E-state index in [1.54, 1.807) is 15.8 Å². The number of carbonyl (C=O) groups excluding carboxylic acids is 1. The number of nitriles is 1. The van der Waals surface area contributed by atoms with E-state index in [1.807, 2.05) is 39.1 Å². The highest BCUT2D eigenvalue weighted by molar-refractivity contribution is 6.32. The monoisotopic (exact) mass is 591 g/mol. The normalized spacial score (nSPS) is 17.2. The van der Waals surface area contributed by atoms with Crippen molar-refractivity contribution in [2.45, 2.75) is 51.8 Å². The Hall–Kier alpha value is -3.72. The van der Waals surface area contributed by atoms with Gasteiger partial charge in [-0.3, -0.25) is 4.90 Å². The minimum absolute atomic E-state index is 0.0929. The largest absolute Gasteiger partial charge is 0.444 e. The number of aromatic nitrogens is 4. The van der Waals surface area contributed by atoms with Gasteiger partial charge in [0.25, 0.3) is 0 Å². The molecule has 0 radical (unpaired) electrons. The van der Waals surface area contributed by atoms with Gasteiger partial charge in [-0.05, 0) is 58.4 Å². The van der Waals surface area contributed by atoms with Crippen molar-refractivity contribution in [3.63, 3.8) is 0 Å². The number of likely N-dealkylation sites (tertiary alicyclic amines) is 1. The highest BCUT2D eigenvalue weighted by atomic mass is 35.5. The second kappa shape index (κ2) is 12.7. The van der Waals surface area contributed by atoms with Crippen molar-refractivity contribution >= 4 is 23.6 Å². The number of piperazine rings is 1. The van der Waals surface area contributed by atoms with Crippen LogP contribution in [0.5, 0.6) is 0 Å². The summed E-state index contributed by atoms with van der Waals surface area (Å²) in [6, 6.07) is 8.34. The average molecular weight is 592 g/mol. The number of rotatable bonds is 6. The number of amides is 1. The van der Waals surface area contributed by atoms with Crippen molar-refractivity contribution in [3.05, 3.63) is 52.9 Å². The van der Waals surface area contributed by atoms with Gasteiger partial charge in [-0.1, -0.05) is 17.7 Å². The Labute approximate surface area is 252 Å². The van der Waals surface area contributed by atoms with Gasteiger partial charge in [-0.15, -0.1) is 0 Å². The van der Waals surface area contributed by atoms with Crippen LogP contribution in [0.15, 0.2) is 36.8 Å². The Morgan fingerprint density at radius 3 is 2.55 bits per heavy atom. The molecule has 3 aromatic rings. The van der Waals surface area contributed by atoms with Crippen molar-refractivity contribution in [3.8, 4) is 23.0 Å². The van der Waals surface area contributed by atoms with E-state index in [0.29, 0.717) is 40.9 Å². The first-order chi connectivity index (χ1) is 20.1. The Morgan fingerprint density at radius 2 is 1.88 bits per heavy atom. The number of carbonyl (C=O) groups is 1. The van der Waals surface area contributed by atoms with Crippen LogP contribution >= 0.6 is 11.6 Å². The quantitative estimate of drug-likeness (QED) is 0.445. The lowest BCUT2D eigenvalue weighted by molar-refractivity contribution is 0.0210. The van der Waals surface area contributed by atoms with Gasteiger partial charge >= 0.3 is 6.09 Å². The highest BCUT2D eigenvalue weighted by Gasteiger charge is 2.27. The van der Waals surface area contributed by atoms with Crippen LogP contribution in [-0.2, 0) is 11.3 Å². The first-order valence-corrected chi connectivity index (χ1v) is 14.7. The number of nitrogens with zero attached hydrogens (tertiary/aromatic N) is 8. The van der Waals surface area contributed by atoms with Crippen LogP contribution in [0.4, 0.5) is 10.7 Å². The van der Waals surface area contributed by atoms with Crippen LogP contribution < -0.4 is 5.32 Å². The predicted octanol–water partition coefficient (Wildman–Crippen LogP) is 4.41. The number of anilines is 1. The molecule has 1 aromatic carbocycles. The third kappa shape index (κ3) is 7.37. The summed E-state index contributed by atoms with van der Waals surface area (Å²) >= 11 is 6.71. The topological polar surface area (TPSA) is 115 Å². The molecular formula is C30H38ClN9O2. The van der Waals surface area contributed by atoms with Crippen molar-refractivity contribution in [1.29, 1.82) is 5.26 Å². The summed E-state index contributed by atoms with van der Waals surface area (Å²) in [5, 5.41) is 18.3. The number of ether oxygens (including phenoxy) is 1. The summed E-state index contributed by atoms with van der Waals surface area (Å²) in [6.45, 7) is 11.8. The average Bonchev–Trinajstić information content (AvgIpc) is 3.44. The van der Waals surface area contributed by atoms with E-state index in [1.165, 1.54) is 6.20 Å². The summed E-state index contributed by atoms with van der Waals surface area (Å²) in [4.78, 5) is 27.9. The first kappa shape index (κ1) is 29.8. The van der Waals surface area contributed by atoms with E-state index in [4.69, 9.17) is 16.3 Å². The summed E-state index contributed by atoms with van der Waals surface area (Å²) < 4.78 is 7.20. The van der Waals surface area contributed by atoms with Gasteiger partial charge in [-0.2, -0.15) is 10.4 Å². The summed E-state index contributed by atoms with van der Waals surface area (Å²) in [5.41, 5.74) is 2.94. The van der Waals surface area contributed by atoms with E-state index in [2.05, 4.69) is 49.4 Å². The van der Waals surface area contributed by atoms with Crippen molar-refractivity contribution in [1.82, 2.24) is 34.4 Å². The van der Waals surface area contributed by atoms with Gasteiger partial charge in [0, 0.05) is 63.6 Å². The predicted molar refractivity (Wildman–Crippen MR) is 162 cm³/mol. The molecule has 4 heterocycles. The van der Waals surface area contributed by atoms with E-state index in [-0.39, 0.29) is 12.1 Å². The zero-order chi connectivity index (χ0) is 29.9. The molecule has 0 spiro atoms. The number of hydrogen-bond donors (Lipinski definition) is 1. The summed E-state index contributed by atoms with van der Waals surface area (Å²) in [5.74, 6) is 0.429. The van der Waals surface area contributed by atoms with E-state index in [9.17, 15) is 10.1 Å². The van der Waals surface area contributed by atoms with Crippen LogP contribution in [0.25, 0.3) is 16.9 Å². The summed E-state index contributed by atoms with van der Waals surface area (Å²) in [7, 11) is 2.15. The molecule has 2 fully saturated rings. The first-order valence-electron chi connectivity index (χ1n) is 14.3.